The van der Waals surface area contributed by atoms with E-state index in [0.717, 1.165) is 16.6 Å². The van der Waals surface area contributed by atoms with Crippen LogP contribution in [0.2, 0.25) is 0 Å². The maximum Gasteiger partial charge on any atom is 0.359 e. The minimum absolute atomic E-state index is 0.212. The number of esters is 1. The van der Waals surface area contributed by atoms with E-state index in [-0.39, 0.29) is 18.3 Å². The molecule has 0 spiro atoms. The van der Waals surface area contributed by atoms with Crippen LogP contribution in [0.5, 0.6) is 0 Å². The Kier molecular flexibility index (Phi) is 5.18. The minimum Gasteiger partial charge on any atom is -0.456 e. The summed E-state index contributed by atoms with van der Waals surface area (Å²) in [6.45, 7) is 2.02. The van der Waals surface area contributed by atoms with Crippen LogP contribution in [-0.2, 0) is 24.8 Å². The van der Waals surface area contributed by atoms with Crippen LogP contribution in [0.15, 0.2) is 60.8 Å². The summed E-state index contributed by atoms with van der Waals surface area (Å²) in [7, 11) is 2.02. The second-order valence-electron chi connectivity index (χ2n) is 7.25. The zero-order chi connectivity index (χ0) is 20.4. The highest BCUT2D eigenvalue weighted by Crippen LogP contribution is 2.24. The number of nitrogens with two attached hydrogens (primary N) is 1. The van der Waals surface area contributed by atoms with Gasteiger partial charge in [-0.25, -0.2) is 9.78 Å². The Morgan fingerprint density at radius 3 is 2.69 bits per heavy atom. The Morgan fingerprint density at radius 1 is 1.17 bits per heavy atom. The lowest BCUT2D eigenvalue weighted by molar-refractivity contribution is 0.0465. The van der Waals surface area contributed by atoms with E-state index >= 15 is 0 Å². The van der Waals surface area contributed by atoms with Crippen LogP contribution < -0.4 is 5.73 Å². The molecule has 0 aliphatic carbocycles. The molecule has 3 N–H and O–H groups in total. The number of ether oxygens (including phenoxy) is 1. The van der Waals surface area contributed by atoms with Crippen molar-refractivity contribution < 1.29 is 9.53 Å². The number of benzene rings is 2. The van der Waals surface area contributed by atoms with Crippen molar-refractivity contribution in [3.05, 3.63) is 89.1 Å². The number of aromatic amines is 1. The molecule has 0 aliphatic rings. The minimum atomic E-state index is -0.453. The molecule has 0 saturated carbocycles. The molecule has 0 bridgehead atoms. The number of rotatable bonds is 6. The van der Waals surface area contributed by atoms with E-state index < -0.39 is 5.97 Å². The maximum absolute atomic E-state index is 12.5. The molecule has 1 atom stereocenters. The Bertz CT molecular complexity index is 1140. The average molecular weight is 388 g/mol. The third-order valence-corrected chi connectivity index (χ3v) is 5.08. The number of carbonyl (C=O) groups is 1. The van der Waals surface area contributed by atoms with Crippen LogP contribution in [0.1, 0.15) is 39.2 Å². The molecule has 2 aromatic carbocycles. The molecule has 0 fully saturated rings. The van der Waals surface area contributed by atoms with Gasteiger partial charge in [0.15, 0.2) is 5.69 Å². The Hall–Kier alpha value is -3.38. The van der Waals surface area contributed by atoms with Gasteiger partial charge in [-0.2, -0.15) is 0 Å². The van der Waals surface area contributed by atoms with Crippen molar-refractivity contribution in [2.45, 2.75) is 26.0 Å². The standard InChI is InChI=1S/C23H24N4O2/c1-15-21(23(28)29-14-16-8-4-3-5-9-16)26-22(25-15)19(24)12-17-13-27(2)20-11-7-6-10-18(17)20/h3-11,13,19H,12,14,24H2,1-2H3,(H,25,26). The topological polar surface area (TPSA) is 85.9 Å². The van der Waals surface area contributed by atoms with E-state index in [4.69, 9.17) is 10.5 Å². The molecule has 0 radical (unpaired) electrons. The van der Waals surface area contributed by atoms with Crippen molar-refractivity contribution >= 4 is 16.9 Å². The fourth-order valence-electron chi connectivity index (χ4n) is 3.57. The summed E-state index contributed by atoms with van der Waals surface area (Å²) in [5.74, 6) is 0.133. The molecule has 4 aromatic rings. The average Bonchev–Trinajstić information content (AvgIpc) is 3.28. The summed E-state index contributed by atoms with van der Waals surface area (Å²) in [4.78, 5) is 20.1. The molecule has 2 aromatic heterocycles. The first-order valence-electron chi connectivity index (χ1n) is 9.59. The number of aryl methyl sites for hydroxylation is 2. The van der Waals surface area contributed by atoms with Crippen LogP contribution in [0.25, 0.3) is 10.9 Å². The van der Waals surface area contributed by atoms with Crippen molar-refractivity contribution in [3.8, 4) is 0 Å². The number of nitrogens with zero attached hydrogens (tertiary/aromatic N) is 2. The van der Waals surface area contributed by atoms with Crippen LogP contribution in [0.3, 0.4) is 0 Å². The zero-order valence-electron chi connectivity index (χ0n) is 16.6. The summed E-state index contributed by atoms with van der Waals surface area (Å²) in [6.07, 6.45) is 2.71. The van der Waals surface area contributed by atoms with Gasteiger partial charge in [0.25, 0.3) is 0 Å². The van der Waals surface area contributed by atoms with E-state index in [9.17, 15) is 4.79 Å². The quantitative estimate of drug-likeness (QED) is 0.492. The molecular formula is C23H24N4O2. The fraction of sp³-hybridized carbons (Fsp3) is 0.217. The number of imidazole rings is 1. The smallest absolute Gasteiger partial charge is 0.359 e. The number of fused-ring (bicyclic) bond motifs is 1. The zero-order valence-corrected chi connectivity index (χ0v) is 16.6. The van der Waals surface area contributed by atoms with E-state index in [1.165, 1.54) is 5.39 Å². The van der Waals surface area contributed by atoms with E-state index in [0.29, 0.717) is 17.9 Å². The van der Waals surface area contributed by atoms with Crippen LogP contribution in [0, 0.1) is 6.92 Å². The highest BCUT2D eigenvalue weighted by atomic mass is 16.5. The highest BCUT2D eigenvalue weighted by Gasteiger charge is 2.21. The number of aromatic nitrogens is 3. The summed E-state index contributed by atoms with van der Waals surface area (Å²) in [5.41, 5.74) is 10.6. The number of para-hydroxylation sites is 1. The van der Waals surface area contributed by atoms with E-state index in [2.05, 4.69) is 32.9 Å². The first-order valence-corrected chi connectivity index (χ1v) is 9.59. The van der Waals surface area contributed by atoms with Gasteiger partial charge in [-0.05, 0) is 30.5 Å². The van der Waals surface area contributed by atoms with Gasteiger partial charge in [0.1, 0.15) is 12.4 Å². The molecule has 1 unspecified atom stereocenters. The Morgan fingerprint density at radius 2 is 1.90 bits per heavy atom. The first-order chi connectivity index (χ1) is 14.0. The number of hydrogen-bond donors (Lipinski definition) is 2. The van der Waals surface area contributed by atoms with Crippen molar-refractivity contribution in [2.24, 2.45) is 12.8 Å². The molecule has 2 heterocycles. The molecule has 29 heavy (non-hydrogen) atoms. The SMILES string of the molecule is Cc1[nH]c(C(N)Cc2cn(C)c3ccccc23)nc1C(=O)OCc1ccccc1. The lowest BCUT2D eigenvalue weighted by Gasteiger charge is -2.08. The monoisotopic (exact) mass is 388 g/mol. The predicted octanol–water partition coefficient (Wildman–Crippen LogP) is 3.81. The lowest BCUT2D eigenvalue weighted by atomic mass is 10.1. The molecular weight excluding hydrogens is 364 g/mol. The number of H-pyrrole nitrogens is 1. The predicted molar refractivity (Wildman–Crippen MR) is 112 cm³/mol. The number of hydrogen-bond acceptors (Lipinski definition) is 4. The van der Waals surface area contributed by atoms with Gasteiger partial charge in [0, 0.05) is 29.8 Å². The summed E-state index contributed by atoms with van der Waals surface area (Å²) < 4.78 is 7.50. The van der Waals surface area contributed by atoms with Crippen LogP contribution >= 0.6 is 0 Å². The van der Waals surface area contributed by atoms with Gasteiger partial charge in [0.2, 0.25) is 0 Å². The molecule has 6 heteroatoms. The van der Waals surface area contributed by atoms with Gasteiger partial charge >= 0.3 is 5.97 Å². The maximum atomic E-state index is 12.5. The van der Waals surface area contributed by atoms with Gasteiger partial charge in [0.05, 0.1) is 6.04 Å². The Balaban J connectivity index is 1.48. The van der Waals surface area contributed by atoms with Gasteiger partial charge in [-0.15, -0.1) is 0 Å². The van der Waals surface area contributed by atoms with Gasteiger partial charge < -0.3 is 20.0 Å². The van der Waals surface area contributed by atoms with Crippen molar-refractivity contribution in [1.29, 1.82) is 0 Å². The molecule has 4 rings (SSSR count). The molecule has 0 saturated heterocycles. The lowest BCUT2D eigenvalue weighted by Crippen LogP contribution is -2.15. The second kappa shape index (κ2) is 7.93. The van der Waals surface area contributed by atoms with Crippen LogP contribution in [0.4, 0.5) is 0 Å². The first kappa shape index (κ1) is 19.0. The molecule has 0 aliphatic heterocycles. The van der Waals surface area contributed by atoms with Crippen molar-refractivity contribution in [3.63, 3.8) is 0 Å². The summed E-state index contributed by atoms with van der Waals surface area (Å²) in [5, 5.41) is 1.18. The van der Waals surface area contributed by atoms with Crippen LogP contribution in [-0.4, -0.2) is 20.5 Å². The third kappa shape index (κ3) is 3.93. The molecule has 148 valence electrons. The summed E-state index contributed by atoms with van der Waals surface area (Å²) in [6, 6.07) is 17.4. The summed E-state index contributed by atoms with van der Waals surface area (Å²) >= 11 is 0. The Labute approximate surface area is 169 Å². The van der Waals surface area contributed by atoms with E-state index in [1.54, 1.807) is 6.92 Å². The number of carbonyl (C=O) groups excluding carboxylic acids is 1. The van der Waals surface area contributed by atoms with Gasteiger partial charge in [-0.1, -0.05) is 48.5 Å². The third-order valence-electron chi connectivity index (χ3n) is 5.08. The van der Waals surface area contributed by atoms with E-state index in [1.807, 2.05) is 49.5 Å². The van der Waals surface area contributed by atoms with Crippen molar-refractivity contribution in [1.82, 2.24) is 14.5 Å². The van der Waals surface area contributed by atoms with Crippen molar-refractivity contribution in [2.75, 3.05) is 0 Å². The number of nitrogens with one attached hydrogen (secondary N) is 1. The largest absolute Gasteiger partial charge is 0.456 e. The van der Waals surface area contributed by atoms with Gasteiger partial charge in [-0.3, -0.25) is 0 Å². The highest BCUT2D eigenvalue weighted by molar-refractivity contribution is 5.88. The molecule has 0 amide bonds. The molecule has 6 nitrogen and oxygen atoms in total. The normalized spacial score (nSPS) is 12.2. The fourth-order valence-corrected chi connectivity index (χ4v) is 3.57. The second-order valence-corrected chi connectivity index (χ2v) is 7.25.